The second-order valence-electron chi connectivity index (χ2n) is 18.0. The minimum atomic E-state index is -2.62. The molecular weight excluding hydrogens is 808 g/mol. The summed E-state index contributed by atoms with van der Waals surface area (Å²) in [4.78, 5) is 70.2. The number of Topliss-reactive ketones (excluding diaryl/α,β-unsaturated/α-hetero) is 2. The van der Waals surface area contributed by atoms with E-state index < -0.39 is 95.9 Å². The fraction of sp³-hybridized carbons (Fsp3) is 0.804. The van der Waals surface area contributed by atoms with E-state index in [1.54, 1.807) is 54.7 Å². The first-order valence-electron chi connectivity index (χ1n) is 22.5. The molecule has 0 radical (unpaired) electrons. The third kappa shape index (κ3) is 12.1. The molecule has 15 atom stereocenters. The van der Waals surface area contributed by atoms with Gasteiger partial charge in [0.25, 0.3) is 11.7 Å². The van der Waals surface area contributed by atoms with E-state index in [9.17, 15) is 34.2 Å². The van der Waals surface area contributed by atoms with Gasteiger partial charge in [-0.3, -0.25) is 14.4 Å². The van der Waals surface area contributed by atoms with Crippen molar-refractivity contribution in [2.45, 2.75) is 173 Å². The van der Waals surface area contributed by atoms with Crippen molar-refractivity contribution in [3.05, 3.63) is 23.3 Å². The molecule has 2 bridgehead atoms. The maximum absolute atomic E-state index is 16.3. The van der Waals surface area contributed by atoms with Crippen LogP contribution in [0.15, 0.2) is 23.3 Å². The van der Waals surface area contributed by atoms with Crippen LogP contribution in [-0.2, 0) is 47.6 Å². The van der Waals surface area contributed by atoms with Crippen molar-refractivity contribution in [3.8, 4) is 0 Å². The number of allylic oxidation sites excluding steroid dienone is 3. The highest BCUT2D eigenvalue weighted by molar-refractivity contribution is 6.39. The molecule has 0 aromatic heterocycles. The molecular formula is C46H73FN2O13. The van der Waals surface area contributed by atoms with E-state index in [0.29, 0.717) is 49.7 Å². The summed E-state index contributed by atoms with van der Waals surface area (Å²) in [5.41, 5.74) is 0.919. The number of ether oxygens (including phenoxy) is 6. The SMILES string of the molecule is CCOC(=O)NC1CCC(C=C(C)C2OC(=O)C3CCCCN3C(=O)C(=O)C3(O)OC(C(OC)CC(C)C(F)/C(C)=C/C(CC)C(=O)CC(O)C2C)C(OC)CC3C)CC1OC. The summed E-state index contributed by atoms with van der Waals surface area (Å²) in [7, 11) is 4.44. The molecule has 15 unspecified atom stereocenters. The lowest BCUT2D eigenvalue weighted by Crippen LogP contribution is -2.64. The number of ketones is 2. The van der Waals surface area contributed by atoms with Gasteiger partial charge < -0.3 is 48.9 Å². The molecule has 2 saturated heterocycles. The van der Waals surface area contributed by atoms with Gasteiger partial charge in [0.2, 0.25) is 5.79 Å². The number of aliphatic hydroxyl groups excluding tert-OH is 1. The highest BCUT2D eigenvalue weighted by Crippen LogP contribution is 2.39. The molecule has 16 heteroatoms. The number of carbonyl (C=O) groups excluding carboxylic acids is 5. The quantitative estimate of drug-likeness (QED) is 0.164. The maximum atomic E-state index is 16.3. The van der Waals surface area contributed by atoms with E-state index >= 15 is 4.39 Å². The molecule has 0 aromatic carbocycles. The normalized spacial score (nSPS) is 39.7. The number of fused-ring (bicyclic) bond motifs is 3. The number of methoxy groups -OCH3 is 3. The highest BCUT2D eigenvalue weighted by atomic mass is 19.1. The first-order valence-corrected chi connectivity index (χ1v) is 22.5. The van der Waals surface area contributed by atoms with Gasteiger partial charge in [0.1, 0.15) is 30.2 Å². The Hall–Kier alpha value is -3.28. The second-order valence-corrected chi connectivity index (χ2v) is 18.0. The minimum Gasteiger partial charge on any atom is -0.456 e. The molecule has 1 aliphatic carbocycles. The summed E-state index contributed by atoms with van der Waals surface area (Å²) in [5, 5.41) is 26.7. The van der Waals surface area contributed by atoms with Crippen LogP contribution >= 0.6 is 0 Å². The Labute approximate surface area is 366 Å². The Morgan fingerprint density at radius 2 is 1.65 bits per heavy atom. The molecule has 4 aliphatic rings. The van der Waals surface area contributed by atoms with Crippen LogP contribution in [0.25, 0.3) is 0 Å². The third-order valence-corrected chi connectivity index (χ3v) is 13.7. The molecule has 3 N–H and O–H groups in total. The summed E-state index contributed by atoms with van der Waals surface area (Å²) < 4.78 is 51.1. The van der Waals surface area contributed by atoms with Gasteiger partial charge in [-0.15, -0.1) is 0 Å². The number of alkyl carbamates (subject to hydrolysis) is 1. The first-order chi connectivity index (χ1) is 29.3. The number of aliphatic hydroxyl groups is 2. The summed E-state index contributed by atoms with van der Waals surface area (Å²) in [5.74, 6) is -9.28. The van der Waals surface area contributed by atoms with Gasteiger partial charge in [-0.25, -0.2) is 14.0 Å². The molecule has 0 aromatic rings. The standard InChI is InChI=1S/C46H73FN2O13/c1-11-31-20-25(3)39(47)26(4)21-37(58-9)41-38(59-10)22-28(6)46(56,62-41)42(52)43(53)49-18-14-13-15-33(49)44(54)61-40(29(7)34(50)24-35(31)51)27(5)19-30-16-17-32(36(23-30)57-8)48-45(55)60-12-2/h19-20,26,28-34,36-41,50,56H,11-18,21-24H2,1-10H3,(H,48,55)/b25-20+,27-19?. The molecule has 15 nitrogen and oxygen atoms in total. The zero-order valence-electron chi connectivity index (χ0n) is 38.4. The van der Waals surface area contributed by atoms with Gasteiger partial charge in [-0.1, -0.05) is 39.8 Å². The predicted octanol–water partition coefficient (Wildman–Crippen LogP) is 5.17. The molecule has 3 heterocycles. The number of esters is 1. The van der Waals surface area contributed by atoms with Gasteiger partial charge in [-0.2, -0.15) is 0 Å². The van der Waals surface area contributed by atoms with Crippen molar-refractivity contribution in [1.29, 1.82) is 0 Å². The number of hydrogen-bond acceptors (Lipinski definition) is 13. The number of amides is 2. The van der Waals surface area contributed by atoms with Crippen LogP contribution in [-0.4, -0.2) is 140 Å². The van der Waals surface area contributed by atoms with Gasteiger partial charge in [0, 0.05) is 52.0 Å². The zero-order valence-corrected chi connectivity index (χ0v) is 38.4. The molecule has 352 valence electrons. The number of halogens is 1. The highest BCUT2D eigenvalue weighted by Gasteiger charge is 2.57. The largest absolute Gasteiger partial charge is 0.456 e. The Kier molecular flexibility index (Phi) is 19.1. The number of carbonyl (C=O) groups is 5. The number of alkyl halides is 1. The van der Waals surface area contributed by atoms with E-state index in [4.69, 9.17) is 28.4 Å². The van der Waals surface area contributed by atoms with Crippen molar-refractivity contribution in [2.75, 3.05) is 34.5 Å². The van der Waals surface area contributed by atoms with E-state index in [2.05, 4.69) is 5.32 Å². The second kappa shape index (κ2) is 23.1. The van der Waals surface area contributed by atoms with Crippen molar-refractivity contribution in [3.63, 3.8) is 0 Å². The van der Waals surface area contributed by atoms with Crippen LogP contribution in [0.2, 0.25) is 0 Å². The summed E-state index contributed by atoms with van der Waals surface area (Å²) in [6.07, 6.45) is -0.610. The van der Waals surface area contributed by atoms with Crippen molar-refractivity contribution in [1.82, 2.24) is 10.2 Å². The lowest BCUT2D eigenvalue weighted by atomic mass is 9.81. The van der Waals surface area contributed by atoms with E-state index in [0.717, 1.165) is 4.90 Å². The van der Waals surface area contributed by atoms with E-state index in [1.807, 2.05) is 13.0 Å². The van der Waals surface area contributed by atoms with Crippen molar-refractivity contribution < 1.29 is 67.0 Å². The number of piperidine rings is 1. The van der Waals surface area contributed by atoms with Crippen LogP contribution in [0.1, 0.15) is 113 Å². The monoisotopic (exact) mass is 881 g/mol. The number of rotatable bonds is 8. The van der Waals surface area contributed by atoms with Crippen LogP contribution in [0.5, 0.6) is 0 Å². The predicted molar refractivity (Wildman–Crippen MR) is 226 cm³/mol. The number of nitrogens with zero attached hydrogens (tertiary/aromatic N) is 1. The van der Waals surface area contributed by atoms with E-state index in [-0.39, 0.29) is 62.7 Å². The lowest BCUT2D eigenvalue weighted by molar-refractivity contribution is -0.302. The molecule has 62 heavy (non-hydrogen) atoms. The average Bonchev–Trinajstić information content (AvgIpc) is 3.25. The molecule has 4 rings (SSSR count). The fourth-order valence-corrected chi connectivity index (χ4v) is 9.81. The summed E-state index contributed by atoms with van der Waals surface area (Å²) in [6.45, 7) is 12.1. The Morgan fingerprint density at radius 3 is 2.27 bits per heavy atom. The van der Waals surface area contributed by atoms with Gasteiger partial charge in [0.05, 0.1) is 37.1 Å². The summed E-state index contributed by atoms with van der Waals surface area (Å²) >= 11 is 0. The smallest absolute Gasteiger partial charge is 0.407 e. The van der Waals surface area contributed by atoms with Crippen LogP contribution in [0, 0.1) is 29.6 Å². The first kappa shape index (κ1) is 51.4. The van der Waals surface area contributed by atoms with Crippen LogP contribution in [0.3, 0.4) is 0 Å². The molecule has 3 aliphatic heterocycles. The summed E-state index contributed by atoms with van der Waals surface area (Å²) in [6, 6.07) is -1.48. The fourth-order valence-electron chi connectivity index (χ4n) is 9.81. The zero-order chi connectivity index (χ0) is 46.1. The number of nitrogens with one attached hydrogen (secondary N) is 1. The number of cyclic esters (lactones) is 1. The number of hydrogen-bond donors (Lipinski definition) is 3. The molecule has 1 saturated carbocycles. The van der Waals surface area contributed by atoms with Gasteiger partial charge >= 0.3 is 12.1 Å². The molecule has 2 amide bonds. The Morgan fingerprint density at radius 1 is 0.984 bits per heavy atom. The minimum absolute atomic E-state index is 0.0352. The van der Waals surface area contributed by atoms with Crippen LogP contribution < -0.4 is 5.32 Å². The van der Waals surface area contributed by atoms with Gasteiger partial charge in [0.15, 0.2) is 0 Å². The Bertz CT molecular complexity index is 1620. The molecule has 0 spiro atoms. The maximum Gasteiger partial charge on any atom is 0.407 e. The molecule has 3 fully saturated rings. The topological polar surface area (TPSA) is 196 Å². The van der Waals surface area contributed by atoms with E-state index in [1.165, 1.54) is 14.2 Å². The Balaban J connectivity index is 1.76. The average molecular weight is 881 g/mol. The van der Waals surface area contributed by atoms with Crippen molar-refractivity contribution >= 4 is 29.5 Å². The lowest BCUT2D eigenvalue weighted by Gasteiger charge is -2.47. The van der Waals surface area contributed by atoms with Gasteiger partial charge in [-0.05, 0) is 102 Å². The van der Waals surface area contributed by atoms with Crippen LogP contribution in [0.4, 0.5) is 9.18 Å². The third-order valence-electron chi connectivity index (χ3n) is 13.7. The van der Waals surface area contributed by atoms with Crippen molar-refractivity contribution in [2.24, 2.45) is 29.6 Å².